The van der Waals surface area contributed by atoms with Crippen LogP contribution in [0.1, 0.15) is 12.5 Å². The quantitative estimate of drug-likeness (QED) is 0.755. The maximum absolute atomic E-state index is 5.69. The molecule has 0 amide bonds. The van der Waals surface area contributed by atoms with E-state index in [1.54, 1.807) is 0 Å². The van der Waals surface area contributed by atoms with Crippen molar-refractivity contribution in [2.45, 2.75) is 19.4 Å². The van der Waals surface area contributed by atoms with Crippen LogP contribution in [0.3, 0.4) is 0 Å². The van der Waals surface area contributed by atoms with E-state index < -0.39 is 0 Å². The fourth-order valence-electron chi connectivity index (χ4n) is 1.95. The van der Waals surface area contributed by atoms with Crippen LogP contribution in [0.25, 0.3) is 0 Å². The molecule has 1 aliphatic heterocycles. The summed E-state index contributed by atoms with van der Waals surface area (Å²) < 4.78 is 11.1. The zero-order valence-corrected chi connectivity index (χ0v) is 9.19. The van der Waals surface area contributed by atoms with Gasteiger partial charge in [-0.2, -0.15) is 0 Å². The van der Waals surface area contributed by atoms with E-state index in [9.17, 15) is 0 Å². The first kappa shape index (κ1) is 10.7. The molecule has 0 bridgehead atoms. The molecule has 1 aromatic carbocycles. The predicted octanol–water partition coefficient (Wildman–Crippen LogP) is 2.28. The van der Waals surface area contributed by atoms with Gasteiger partial charge in [0.1, 0.15) is 0 Å². The number of hydrogen-bond donors (Lipinski definition) is 0. The maximum atomic E-state index is 5.69. The third-order valence-electron chi connectivity index (χ3n) is 2.88. The number of hydrogen-bond acceptors (Lipinski definition) is 2. The molecule has 2 nitrogen and oxygen atoms in total. The maximum Gasteiger partial charge on any atom is 0.0838 e. The van der Waals surface area contributed by atoms with E-state index in [-0.39, 0.29) is 6.10 Å². The van der Waals surface area contributed by atoms with E-state index in [0.717, 1.165) is 26.2 Å². The van der Waals surface area contributed by atoms with E-state index in [2.05, 4.69) is 31.2 Å². The van der Waals surface area contributed by atoms with E-state index in [1.165, 1.54) is 5.56 Å². The molecule has 2 rings (SSSR count). The highest BCUT2D eigenvalue weighted by Crippen LogP contribution is 2.16. The van der Waals surface area contributed by atoms with Crippen molar-refractivity contribution in [2.24, 2.45) is 5.92 Å². The van der Waals surface area contributed by atoms with Gasteiger partial charge in [0.25, 0.3) is 0 Å². The summed E-state index contributed by atoms with van der Waals surface area (Å²) in [5, 5.41) is 0. The molecule has 1 aliphatic rings. The largest absolute Gasteiger partial charge is 0.376 e. The Morgan fingerprint density at radius 3 is 2.73 bits per heavy atom. The average Bonchev–Trinajstić information content (AvgIpc) is 2.31. The van der Waals surface area contributed by atoms with Gasteiger partial charge in [-0.05, 0) is 17.9 Å². The highest BCUT2D eigenvalue weighted by Gasteiger charge is 2.21. The van der Waals surface area contributed by atoms with Crippen LogP contribution in [0.2, 0.25) is 0 Å². The fraction of sp³-hybridized carbons (Fsp3) is 0.538. The summed E-state index contributed by atoms with van der Waals surface area (Å²) in [6.07, 6.45) is 1.33. The van der Waals surface area contributed by atoms with Crippen LogP contribution in [0.15, 0.2) is 30.3 Å². The zero-order chi connectivity index (χ0) is 10.5. The first-order chi connectivity index (χ1) is 7.36. The molecule has 82 valence electrons. The highest BCUT2D eigenvalue weighted by molar-refractivity contribution is 5.15. The molecule has 2 unspecified atom stereocenters. The van der Waals surface area contributed by atoms with Gasteiger partial charge in [-0.15, -0.1) is 0 Å². The minimum atomic E-state index is 0.263. The minimum Gasteiger partial charge on any atom is -0.376 e. The lowest BCUT2D eigenvalue weighted by atomic mass is 9.96. The Hall–Kier alpha value is -0.860. The number of benzene rings is 1. The molecule has 2 heteroatoms. The van der Waals surface area contributed by atoms with E-state index in [0.29, 0.717) is 5.92 Å². The Morgan fingerprint density at radius 2 is 2.07 bits per heavy atom. The fourth-order valence-corrected chi connectivity index (χ4v) is 1.95. The molecular weight excluding hydrogens is 188 g/mol. The van der Waals surface area contributed by atoms with Crippen molar-refractivity contribution in [1.29, 1.82) is 0 Å². The van der Waals surface area contributed by atoms with E-state index >= 15 is 0 Å². The Kier molecular flexibility index (Phi) is 3.75. The lowest BCUT2D eigenvalue weighted by Crippen LogP contribution is -2.34. The van der Waals surface area contributed by atoms with Crippen molar-refractivity contribution in [3.63, 3.8) is 0 Å². The summed E-state index contributed by atoms with van der Waals surface area (Å²) in [6.45, 7) is 4.46. The van der Waals surface area contributed by atoms with E-state index in [1.807, 2.05) is 6.07 Å². The smallest absolute Gasteiger partial charge is 0.0838 e. The standard InChI is InChI=1S/C13H18O2/c1-11(13-10-14-7-8-15-13)9-12-5-3-2-4-6-12/h2-6,11,13H,7-10H2,1H3. The lowest BCUT2D eigenvalue weighted by molar-refractivity contribution is -0.108. The van der Waals surface area contributed by atoms with Crippen LogP contribution < -0.4 is 0 Å². The van der Waals surface area contributed by atoms with Crippen LogP contribution in [-0.2, 0) is 15.9 Å². The van der Waals surface area contributed by atoms with Crippen molar-refractivity contribution >= 4 is 0 Å². The van der Waals surface area contributed by atoms with Crippen molar-refractivity contribution < 1.29 is 9.47 Å². The summed E-state index contributed by atoms with van der Waals surface area (Å²) in [4.78, 5) is 0. The second-order valence-electron chi connectivity index (χ2n) is 4.15. The summed E-state index contributed by atoms with van der Waals surface area (Å²) in [6, 6.07) is 10.6. The molecule has 1 fully saturated rings. The third kappa shape index (κ3) is 3.05. The first-order valence-electron chi connectivity index (χ1n) is 5.59. The highest BCUT2D eigenvalue weighted by atomic mass is 16.6. The normalized spacial score (nSPS) is 23.7. The first-order valence-corrected chi connectivity index (χ1v) is 5.59. The van der Waals surface area contributed by atoms with Gasteiger partial charge in [-0.3, -0.25) is 0 Å². The Labute approximate surface area is 91.2 Å². The summed E-state index contributed by atoms with van der Waals surface area (Å²) in [7, 11) is 0. The monoisotopic (exact) mass is 206 g/mol. The van der Waals surface area contributed by atoms with Gasteiger partial charge >= 0.3 is 0 Å². The molecule has 0 spiro atoms. The molecule has 0 radical (unpaired) electrons. The number of ether oxygens (including phenoxy) is 2. The summed E-state index contributed by atoms with van der Waals surface area (Å²) in [5.41, 5.74) is 1.37. The lowest BCUT2D eigenvalue weighted by Gasteiger charge is -2.28. The Bertz CT molecular complexity index is 278. The molecule has 0 aromatic heterocycles. The van der Waals surface area contributed by atoms with Crippen LogP contribution in [0.5, 0.6) is 0 Å². The van der Waals surface area contributed by atoms with Crippen LogP contribution in [-0.4, -0.2) is 25.9 Å². The summed E-state index contributed by atoms with van der Waals surface area (Å²) >= 11 is 0. The third-order valence-corrected chi connectivity index (χ3v) is 2.88. The second kappa shape index (κ2) is 5.29. The Morgan fingerprint density at radius 1 is 1.27 bits per heavy atom. The van der Waals surface area contributed by atoms with Crippen molar-refractivity contribution in [3.05, 3.63) is 35.9 Å². The van der Waals surface area contributed by atoms with Crippen molar-refractivity contribution in [3.8, 4) is 0 Å². The number of rotatable bonds is 3. The molecule has 1 aromatic rings. The molecule has 1 saturated heterocycles. The van der Waals surface area contributed by atoms with Crippen LogP contribution in [0.4, 0.5) is 0 Å². The van der Waals surface area contributed by atoms with Crippen molar-refractivity contribution in [2.75, 3.05) is 19.8 Å². The topological polar surface area (TPSA) is 18.5 Å². The minimum absolute atomic E-state index is 0.263. The molecule has 0 N–H and O–H groups in total. The second-order valence-corrected chi connectivity index (χ2v) is 4.15. The van der Waals surface area contributed by atoms with Crippen molar-refractivity contribution in [1.82, 2.24) is 0 Å². The molecule has 1 heterocycles. The van der Waals surface area contributed by atoms with E-state index in [4.69, 9.17) is 9.47 Å². The van der Waals surface area contributed by atoms with Gasteiger partial charge in [-0.1, -0.05) is 37.3 Å². The Balaban J connectivity index is 1.88. The molecule has 0 saturated carbocycles. The molecule has 2 atom stereocenters. The molecule has 15 heavy (non-hydrogen) atoms. The van der Waals surface area contributed by atoms with Gasteiger partial charge < -0.3 is 9.47 Å². The van der Waals surface area contributed by atoms with Gasteiger partial charge in [0, 0.05) is 0 Å². The average molecular weight is 206 g/mol. The van der Waals surface area contributed by atoms with Gasteiger partial charge in [0.15, 0.2) is 0 Å². The SMILES string of the molecule is CC(Cc1ccccc1)C1COCCO1. The summed E-state index contributed by atoms with van der Waals surface area (Å²) in [5.74, 6) is 0.521. The zero-order valence-electron chi connectivity index (χ0n) is 9.19. The van der Waals surface area contributed by atoms with Gasteiger partial charge in [-0.25, -0.2) is 0 Å². The van der Waals surface area contributed by atoms with Crippen LogP contribution >= 0.6 is 0 Å². The molecule has 0 aliphatic carbocycles. The van der Waals surface area contributed by atoms with Gasteiger partial charge in [0.2, 0.25) is 0 Å². The van der Waals surface area contributed by atoms with Crippen LogP contribution in [0, 0.1) is 5.92 Å². The molecular formula is C13H18O2. The predicted molar refractivity (Wildman–Crippen MR) is 59.9 cm³/mol. The van der Waals surface area contributed by atoms with Gasteiger partial charge in [0.05, 0.1) is 25.9 Å².